The largest absolute Gasteiger partial charge is 0.756 e. The first-order valence-corrected chi connectivity index (χ1v) is 20.0. The summed E-state index contributed by atoms with van der Waals surface area (Å²) < 4.78 is 49.8. The molecule has 0 saturated carbocycles. The fourth-order valence-electron chi connectivity index (χ4n) is 6.16. The van der Waals surface area contributed by atoms with E-state index in [0.717, 1.165) is 32.6 Å². The Morgan fingerprint density at radius 2 is 1.34 bits per heavy atom. The number of carbonyl (C=O) groups is 3. The van der Waals surface area contributed by atoms with Gasteiger partial charge in [-0.1, -0.05) is 90.4 Å². The van der Waals surface area contributed by atoms with E-state index in [0.29, 0.717) is 6.61 Å². The highest BCUT2D eigenvalue weighted by Crippen LogP contribution is 2.43. The van der Waals surface area contributed by atoms with Crippen LogP contribution in [0.2, 0.25) is 0 Å². The number of phosphoric acid groups is 1. The van der Waals surface area contributed by atoms with Crippen molar-refractivity contribution in [1.29, 1.82) is 0 Å². The van der Waals surface area contributed by atoms with Gasteiger partial charge in [0.2, 0.25) is 11.8 Å². The third kappa shape index (κ3) is 17.1. The SMILES string of the molecule is CCCCCCCCCCCCCCCCOCCOP(=O)([O-])O[C@H]1OC(C(N)=O)[C@@H](O)[C@H](OC(N)=O)C1O[C@@H]1OC(CO)[C@@H](O)[C@H](O)C1NC(C)=O. The Morgan fingerprint density at radius 1 is 0.774 bits per heavy atom. The minimum absolute atomic E-state index is 0.118. The zero-order chi connectivity index (χ0) is 39.4. The molecule has 0 aromatic rings. The van der Waals surface area contributed by atoms with Gasteiger partial charge in [-0.15, -0.1) is 0 Å². The maximum atomic E-state index is 12.9. The van der Waals surface area contributed by atoms with Gasteiger partial charge < -0.3 is 70.3 Å². The third-order valence-corrected chi connectivity index (χ3v) is 9.91. The molecule has 53 heavy (non-hydrogen) atoms. The molecule has 2 aliphatic rings. The molecule has 0 aliphatic carbocycles. The van der Waals surface area contributed by atoms with Crippen LogP contribution < -0.4 is 21.7 Å². The second kappa shape index (κ2) is 25.2. The summed E-state index contributed by atoms with van der Waals surface area (Å²) in [5, 5.41) is 43.8. The number of ether oxygens (including phenoxy) is 5. The van der Waals surface area contributed by atoms with Gasteiger partial charge in [0.1, 0.15) is 30.5 Å². The summed E-state index contributed by atoms with van der Waals surface area (Å²) in [6.45, 7) is 2.24. The number of phosphoric ester groups is 1. The summed E-state index contributed by atoms with van der Waals surface area (Å²) in [7, 11) is -5.34. The number of primary amides is 2. The number of nitrogens with one attached hydrogen (secondary N) is 1. The highest BCUT2D eigenvalue weighted by Gasteiger charge is 2.55. The summed E-state index contributed by atoms with van der Waals surface area (Å²) >= 11 is 0. The first-order chi connectivity index (χ1) is 25.2. The van der Waals surface area contributed by atoms with Crippen LogP contribution in [-0.4, -0.2) is 126 Å². The van der Waals surface area contributed by atoms with E-state index in [9.17, 15) is 44.3 Å². The molecule has 0 bridgehead atoms. The zero-order valence-electron chi connectivity index (χ0n) is 30.8. The van der Waals surface area contributed by atoms with Gasteiger partial charge in [0.25, 0.3) is 7.82 Å². The quantitative estimate of drug-likeness (QED) is 0.0436. The van der Waals surface area contributed by atoms with Crippen molar-refractivity contribution >= 4 is 25.7 Å². The first-order valence-electron chi connectivity index (χ1n) is 18.6. The number of aliphatic hydroxyl groups excluding tert-OH is 4. The molecule has 9 N–H and O–H groups in total. The number of rotatable bonds is 27. The molecular weight excluding hydrogens is 725 g/mol. The molecule has 2 rings (SSSR count). The van der Waals surface area contributed by atoms with Crippen LogP contribution in [0.25, 0.3) is 0 Å². The van der Waals surface area contributed by atoms with E-state index < -0.39 is 100 Å². The van der Waals surface area contributed by atoms with Gasteiger partial charge in [-0.3, -0.25) is 18.7 Å². The lowest BCUT2D eigenvalue weighted by Crippen LogP contribution is -2.68. The second-order valence-electron chi connectivity index (χ2n) is 13.3. The predicted octanol–water partition coefficient (Wildman–Crippen LogP) is 0.350. The zero-order valence-corrected chi connectivity index (χ0v) is 31.7. The van der Waals surface area contributed by atoms with Crippen molar-refractivity contribution in [2.75, 3.05) is 26.4 Å². The molecule has 19 nitrogen and oxygen atoms in total. The van der Waals surface area contributed by atoms with Crippen molar-refractivity contribution in [1.82, 2.24) is 5.32 Å². The molecule has 0 aromatic heterocycles. The molecule has 310 valence electrons. The molecule has 2 fully saturated rings. The van der Waals surface area contributed by atoms with Crippen molar-refractivity contribution < 1.29 is 77.0 Å². The van der Waals surface area contributed by atoms with E-state index in [-0.39, 0.29) is 6.61 Å². The van der Waals surface area contributed by atoms with Crippen molar-refractivity contribution in [3.63, 3.8) is 0 Å². The summed E-state index contributed by atoms with van der Waals surface area (Å²) in [4.78, 5) is 48.7. The minimum Gasteiger partial charge on any atom is -0.756 e. The smallest absolute Gasteiger partial charge is 0.404 e. The van der Waals surface area contributed by atoms with E-state index in [1.165, 1.54) is 64.2 Å². The Labute approximate surface area is 310 Å². The van der Waals surface area contributed by atoms with Crippen LogP contribution in [0.5, 0.6) is 0 Å². The monoisotopic (exact) mass is 786 g/mol. The van der Waals surface area contributed by atoms with Crippen molar-refractivity contribution in [2.45, 2.75) is 165 Å². The summed E-state index contributed by atoms with van der Waals surface area (Å²) in [6, 6.07) is -1.57. The van der Waals surface area contributed by atoms with Crippen molar-refractivity contribution in [3.8, 4) is 0 Å². The van der Waals surface area contributed by atoms with Crippen LogP contribution in [0.15, 0.2) is 0 Å². The summed E-state index contributed by atoms with van der Waals surface area (Å²) in [5.74, 6) is -2.04. The molecule has 11 atom stereocenters. The number of unbranched alkanes of at least 4 members (excludes halogenated alkanes) is 13. The summed E-state index contributed by atoms with van der Waals surface area (Å²) in [5.41, 5.74) is 10.5. The number of nitrogens with two attached hydrogens (primary N) is 2. The Morgan fingerprint density at radius 3 is 1.85 bits per heavy atom. The molecular formula is C33H61N3O16P-. The first kappa shape index (κ1) is 47.2. The van der Waals surface area contributed by atoms with Crippen LogP contribution in [0, 0.1) is 0 Å². The lowest BCUT2D eigenvalue weighted by atomic mass is 9.95. The third-order valence-electron chi connectivity index (χ3n) is 8.95. The molecule has 3 amide bonds. The van der Waals surface area contributed by atoms with E-state index in [4.69, 9.17) is 44.2 Å². The second-order valence-corrected chi connectivity index (χ2v) is 14.7. The Hall–Kier alpha value is -2.00. The number of aliphatic hydroxyl groups is 4. The Balaban J connectivity index is 1.91. The molecule has 0 radical (unpaired) electrons. The average molecular weight is 787 g/mol. The number of hydrogen-bond acceptors (Lipinski definition) is 16. The fraction of sp³-hybridized carbons (Fsp3) is 0.909. The lowest BCUT2D eigenvalue weighted by Gasteiger charge is -2.47. The molecule has 0 spiro atoms. The van der Waals surface area contributed by atoms with Crippen molar-refractivity contribution in [3.05, 3.63) is 0 Å². The Bertz CT molecular complexity index is 1120. The van der Waals surface area contributed by atoms with Crippen LogP contribution in [-0.2, 0) is 46.9 Å². The fourth-order valence-corrected chi connectivity index (χ4v) is 6.95. The normalized spacial score (nSPS) is 30.0. The van der Waals surface area contributed by atoms with Crippen LogP contribution in [0.4, 0.5) is 4.79 Å². The minimum atomic E-state index is -5.34. The number of amides is 3. The van der Waals surface area contributed by atoms with Gasteiger partial charge in [0.15, 0.2) is 30.9 Å². The topological polar surface area (TPSA) is 301 Å². The molecule has 2 saturated heterocycles. The van der Waals surface area contributed by atoms with Crippen LogP contribution >= 0.6 is 7.82 Å². The summed E-state index contributed by atoms with van der Waals surface area (Å²) in [6.07, 6.45) is -1.87. The molecule has 2 heterocycles. The van der Waals surface area contributed by atoms with E-state index in [2.05, 4.69) is 12.2 Å². The molecule has 0 aromatic carbocycles. The van der Waals surface area contributed by atoms with E-state index >= 15 is 0 Å². The van der Waals surface area contributed by atoms with Gasteiger partial charge in [-0.05, 0) is 6.42 Å². The van der Waals surface area contributed by atoms with Gasteiger partial charge in [-0.2, -0.15) is 0 Å². The highest BCUT2D eigenvalue weighted by molar-refractivity contribution is 7.45. The van der Waals surface area contributed by atoms with E-state index in [1.54, 1.807) is 0 Å². The molecule has 2 aliphatic heterocycles. The maximum absolute atomic E-state index is 12.9. The van der Waals surface area contributed by atoms with E-state index in [1.807, 2.05) is 0 Å². The molecule has 20 heteroatoms. The highest BCUT2D eigenvalue weighted by atomic mass is 31.2. The van der Waals surface area contributed by atoms with Crippen LogP contribution in [0.3, 0.4) is 0 Å². The van der Waals surface area contributed by atoms with Gasteiger partial charge in [0, 0.05) is 13.5 Å². The lowest BCUT2D eigenvalue weighted by molar-refractivity contribution is -0.346. The molecule has 5 unspecified atom stereocenters. The van der Waals surface area contributed by atoms with Gasteiger partial charge >= 0.3 is 6.09 Å². The van der Waals surface area contributed by atoms with Gasteiger partial charge in [-0.25, -0.2) is 4.79 Å². The predicted molar refractivity (Wildman–Crippen MR) is 184 cm³/mol. The number of hydrogen-bond donors (Lipinski definition) is 7. The van der Waals surface area contributed by atoms with Gasteiger partial charge in [0.05, 0.1) is 19.8 Å². The Kier molecular flexibility index (Phi) is 22.4. The maximum Gasteiger partial charge on any atom is 0.404 e. The number of carbonyl (C=O) groups excluding carboxylic acids is 3. The van der Waals surface area contributed by atoms with Crippen molar-refractivity contribution in [2.24, 2.45) is 11.5 Å². The standard InChI is InChI=1S/C33H62N3O16P/c1-3-4-5-6-7-8-9-10-11-12-13-14-15-16-17-46-18-19-47-53(44,45)52-32-29(27(51-33(35)43)26(41)28(49-32)30(34)42)50-31-23(36-21(2)38)25(40)24(39)22(20-37)48-31/h22-29,31-32,37,39-41H,3-20H2,1-2H3,(H2,34,42)(H2,35,43)(H,36,38)(H,44,45)/p-1/t22?,23?,24-,25-,26+,27+,28?,29?,31+,32-/m1/s1. The van der Waals surface area contributed by atoms with Crippen LogP contribution in [0.1, 0.15) is 104 Å². The average Bonchev–Trinajstić information content (AvgIpc) is 3.09.